The summed E-state index contributed by atoms with van der Waals surface area (Å²) in [6.07, 6.45) is -1.22. The van der Waals surface area contributed by atoms with Crippen LogP contribution in [0.1, 0.15) is 0 Å². The quantitative estimate of drug-likeness (QED) is 0.110. The first-order valence-electron chi connectivity index (χ1n) is 17.1. The summed E-state index contributed by atoms with van der Waals surface area (Å²) < 4.78 is 13.4. The van der Waals surface area contributed by atoms with Crippen LogP contribution in [0.4, 0.5) is 0 Å². The molecule has 2 heterocycles. The smallest absolute Gasteiger partial charge is 0.358 e. The largest absolute Gasteiger partial charge is 0.456 e. The van der Waals surface area contributed by atoms with Crippen molar-refractivity contribution in [2.24, 2.45) is 0 Å². The van der Waals surface area contributed by atoms with Gasteiger partial charge in [0.1, 0.15) is 22.9 Å². The van der Waals surface area contributed by atoms with Gasteiger partial charge in [0, 0.05) is 23.6 Å². The van der Waals surface area contributed by atoms with E-state index in [1.165, 1.54) is 27.9 Å². The van der Waals surface area contributed by atoms with Crippen LogP contribution in [0.15, 0.2) is 213 Å². The van der Waals surface area contributed by atoms with E-state index in [1.54, 1.807) is 18.2 Å². The third-order valence-corrected chi connectivity index (χ3v) is 12.1. The van der Waals surface area contributed by atoms with E-state index >= 15 is 0 Å². The van der Waals surface area contributed by atoms with Crippen LogP contribution in [-0.2, 0) is 0 Å². The molecule has 4 nitrogen and oxygen atoms in total. The van der Waals surface area contributed by atoms with Crippen molar-refractivity contribution in [1.82, 2.24) is 0 Å². The van der Waals surface area contributed by atoms with Gasteiger partial charge < -0.3 is 8.83 Å². The minimum atomic E-state index is -1.22. The molecule has 0 aliphatic rings. The summed E-state index contributed by atoms with van der Waals surface area (Å²) in [4.78, 5) is 24.2. The van der Waals surface area contributed by atoms with Gasteiger partial charge in [-0.1, -0.05) is 133 Å². The summed E-state index contributed by atoms with van der Waals surface area (Å²) >= 11 is -0.530. The Bertz CT molecular complexity index is 2580. The van der Waals surface area contributed by atoms with Crippen LogP contribution in [-0.4, -0.2) is 6.15 Å². The molecule has 9 rings (SSSR count). The van der Waals surface area contributed by atoms with E-state index in [1.807, 2.05) is 48.5 Å². The molecular weight excluding hydrogens is 754 g/mol. The minimum Gasteiger partial charge on any atom is -0.456 e. The number of hydrogen-bond donors (Lipinski definition) is 0. The first-order chi connectivity index (χ1) is 25.6. The van der Waals surface area contributed by atoms with Crippen molar-refractivity contribution in [3.8, 4) is 0 Å². The van der Waals surface area contributed by atoms with E-state index < -0.39 is 27.4 Å². The number of fused-ring (bicyclic) bond motifs is 3. The molecule has 0 saturated carbocycles. The van der Waals surface area contributed by atoms with Crippen molar-refractivity contribution in [3.05, 3.63) is 222 Å². The average Bonchev–Trinajstić information content (AvgIpc) is 3.20. The van der Waals surface area contributed by atoms with Crippen LogP contribution in [0.3, 0.4) is 0 Å². The number of halogens is 1. The van der Waals surface area contributed by atoms with Gasteiger partial charge in [-0.05, 0) is 42.5 Å². The molecule has 0 N–H and O–H groups in total. The fourth-order valence-electron chi connectivity index (χ4n) is 7.18. The summed E-state index contributed by atoms with van der Waals surface area (Å²) in [5.74, 6) is 0. The zero-order chi connectivity index (χ0) is 35.3. The van der Waals surface area contributed by atoms with Crippen LogP contribution < -0.4 is 54.1 Å². The third-order valence-electron chi connectivity index (χ3n) is 9.54. The van der Waals surface area contributed by atoms with E-state index in [4.69, 9.17) is 8.83 Å². The lowest BCUT2D eigenvalue weighted by Crippen LogP contribution is -3.61. The van der Waals surface area contributed by atoms with Gasteiger partial charge in [0.15, 0.2) is 7.14 Å². The van der Waals surface area contributed by atoms with Crippen molar-refractivity contribution in [2.75, 3.05) is 0 Å². The maximum atomic E-state index is 12.8. The van der Waals surface area contributed by atoms with Gasteiger partial charge in [0.05, 0.1) is 10.8 Å². The van der Waals surface area contributed by atoms with Gasteiger partial charge in [-0.3, -0.25) is 4.79 Å². The molecule has 0 bridgehead atoms. The molecule has 9 aromatic rings. The summed E-state index contributed by atoms with van der Waals surface area (Å²) in [5, 5.41) is 2.08. The molecule has 6 heteroatoms. The Morgan fingerprint density at radius 1 is 0.385 bits per heavy atom. The lowest BCUT2D eigenvalue weighted by Gasteiger charge is -2.44. The van der Waals surface area contributed by atoms with Gasteiger partial charge in [-0.25, -0.2) is 4.79 Å². The fourth-order valence-corrected chi connectivity index (χ4v) is 9.52. The van der Waals surface area contributed by atoms with E-state index in [2.05, 4.69) is 121 Å². The highest BCUT2D eigenvalue weighted by Crippen LogP contribution is 2.18. The highest BCUT2D eigenvalue weighted by molar-refractivity contribution is 7.19. The van der Waals surface area contributed by atoms with E-state index in [9.17, 15) is 9.59 Å². The van der Waals surface area contributed by atoms with Gasteiger partial charge in [-0.2, -0.15) is 21.9 Å². The number of para-hydroxylation sites is 1. The van der Waals surface area contributed by atoms with Crippen LogP contribution in [0, 0.1) is 7.14 Å². The maximum absolute atomic E-state index is 12.8. The molecule has 7 aromatic carbocycles. The van der Waals surface area contributed by atoms with E-state index in [0.29, 0.717) is 27.5 Å². The molecule has 0 spiro atoms. The molecular formula is C46H32BIO4. The number of benzene rings is 7. The Morgan fingerprint density at radius 2 is 0.846 bits per heavy atom. The van der Waals surface area contributed by atoms with Crippen molar-refractivity contribution in [2.45, 2.75) is 0 Å². The Hall–Kier alpha value is -5.99. The molecule has 0 aliphatic carbocycles. The zero-order valence-electron chi connectivity index (χ0n) is 28.1. The Balaban J connectivity index is 0.000000149. The molecule has 0 atom stereocenters. The molecule has 52 heavy (non-hydrogen) atoms. The van der Waals surface area contributed by atoms with Crippen LogP contribution in [0.25, 0.3) is 32.9 Å². The second kappa shape index (κ2) is 14.7. The zero-order valence-corrected chi connectivity index (χ0v) is 30.2. The van der Waals surface area contributed by atoms with Gasteiger partial charge >= 0.3 is 26.8 Å². The summed E-state index contributed by atoms with van der Waals surface area (Å²) in [6, 6.07) is 65.7. The first kappa shape index (κ1) is 33.2. The van der Waals surface area contributed by atoms with Crippen LogP contribution in [0.2, 0.25) is 0 Å². The van der Waals surface area contributed by atoms with Crippen molar-refractivity contribution < 1.29 is 30.0 Å². The average molecular weight is 786 g/mol. The monoisotopic (exact) mass is 786 g/mol. The van der Waals surface area contributed by atoms with Crippen molar-refractivity contribution in [1.29, 1.82) is 0 Å². The topological polar surface area (TPSA) is 60.4 Å². The molecule has 250 valence electrons. The van der Waals surface area contributed by atoms with Crippen LogP contribution >= 0.6 is 0 Å². The molecule has 0 aliphatic heterocycles. The summed E-state index contributed by atoms with van der Waals surface area (Å²) in [5.41, 5.74) is 6.77. The third kappa shape index (κ3) is 6.49. The SMILES string of the molecule is O=c1ccc2ccc([I+]c3ccc4oc5ccccc5c(=O)c4c3)cc2o1.c1ccc([B-](c2ccccc2)(c2ccccc2)c2ccccc2)cc1. The Morgan fingerprint density at radius 3 is 1.42 bits per heavy atom. The minimum absolute atomic E-state index is 0.0118. The summed E-state index contributed by atoms with van der Waals surface area (Å²) in [7, 11) is 0. The molecule has 0 radical (unpaired) electrons. The van der Waals surface area contributed by atoms with Crippen molar-refractivity contribution in [3.63, 3.8) is 0 Å². The second-order valence-corrected chi connectivity index (χ2v) is 15.6. The normalized spacial score (nSPS) is 11.3. The van der Waals surface area contributed by atoms with E-state index in [0.717, 1.165) is 12.5 Å². The molecule has 2 aromatic heterocycles. The molecule has 0 amide bonds. The Labute approximate surface area is 311 Å². The Kier molecular flexibility index (Phi) is 9.38. The first-order valence-corrected chi connectivity index (χ1v) is 19.3. The second-order valence-electron chi connectivity index (χ2n) is 12.6. The highest BCUT2D eigenvalue weighted by Gasteiger charge is 2.31. The van der Waals surface area contributed by atoms with Gasteiger partial charge in [-0.15, -0.1) is 0 Å². The highest BCUT2D eigenvalue weighted by atomic mass is 127. The lowest BCUT2D eigenvalue weighted by molar-refractivity contribution is -0.597. The van der Waals surface area contributed by atoms with Crippen molar-refractivity contribution >= 4 is 60.9 Å². The number of hydrogen-bond acceptors (Lipinski definition) is 4. The summed E-state index contributed by atoms with van der Waals surface area (Å²) in [6.45, 7) is 0. The molecule has 0 unspecified atom stereocenters. The predicted molar refractivity (Wildman–Crippen MR) is 210 cm³/mol. The van der Waals surface area contributed by atoms with Gasteiger partial charge in [0.2, 0.25) is 5.43 Å². The molecule has 0 saturated heterocycles. The maximum Gasteiger partial charge on any atom is 0.358 e. The predicted octanol–water partition coefficient (Wildman–Crippen LogP) is 4.25. The van der Waals surface area contributed by atoms with Crippen LogP contribution in [0.5, 0.6) is 0 Å². The lowest BCUT2D eigenvalue weighted by atomic mass is 9.13. The molecule has 0 fully saturated rings. The van der Waals surface area contributed by atoms with Gasteiger partial charge in [0.25, 0.3) is 0 Å². The standard InChI is InChI=1S/C24H20B.C22H12IO4/c1-5-13-21(14-6-1)25(22-15-7-2-8-16-22,23-17-9-3-10-18-23)24-19-11-4-12-20-24;24-21-10-6-13-5-7-15(12-20(13)27-21)23-14-8-9-19-17(11-14)22(25)16-3-1-2-4-18(16)26-19/h1-20H;1-12H/q-1;+1. The fraction of sp³-hybridized carbons (Fsp3) is 0. The number of rotatable bonds is 6. The van der Waals surface area contributed by atoms with E-state index in [-0.39, 0.29) is 11.1 Å².